The third-order valence-electron chi connectivity index (χ3n) is 4.49. The molecule has 1 atom stereocenters. The number of carbonyl (C=O) groups is 2. The molecular formula is C18H26N2O2. The molecule has 22 heavy (non-hydrogen) atoms. The number of rotatable bonds is 6. The van der Waals surface area contributed by atoms with Crippen molar-refractivity contribution in [2.75, 3.05) is 11.4 Å². The predicted octanol–water partition coefficient (Wildman–Crippen LogP) is 2.91. The minimum Gasteiger partial charge on any atom is -0.353 e. The van der Waals surface area contributed by atoms with E-state index in [1.807, 2.05) is 24.3 Å². The first-order chi connectivity index (χ1) is 10.6. The van der Waals surface area contributed by atoms with Crippen molar-refractivity contribution in [2.24, 2.45) is 5.92 Å². The van der Waals surface area contributed by atoms with E-state index in [4.69, 9.17) is 0 Å². The van der Waals surface area contributed by atoms with Crippen LogP contribution in [0.1, 0.15) is 45.6 Å². The first-order valence-electron chi connectivity index (χ1n) is 8.29. The molecule has 1 aromatic carbocycles. The Bertz CT molecular complexity index is 538. The van der Waals surface area contributed by atoms with E-state index >= 15 is 0 Å². The number of amides is 2. The van der Waals surface area contributed by atoms with Gasteiger partial charge in [-0.15, -0.1) is 0 Å². The second-order valence-electron chi connectivity index (χ2n) is 5.91. The largest absolute Gasteiger partial charge is 0.353 e. The average molecular weight is 302 g/mol. The van der Waals surface area contributed by atoms with Crippen LogP contribution in [-0.2, 0) is 16.0 Å². The van der Waals surface area contributed by atoms with Gasteiger partial charge in [0.05, 0.1) is 5.92 Å². The van der Waals surface area contributed by atoms with Crippen LogP contribution in [0.15, 0.2) is 24.3 Å². The molecule has 0 saturated carbocycles. The lowest BCUT2D eigenvalue weighted by Crippen LogP contribution is -2.39. The van der Waals surface area contributed by atoms with Crippen LogP contribution in [0.2, 0.25) is 0 Å². The van der Waals surface area contributed by atoms with Gasteiger partial charge in [-0.3, -0.25) is 9.59 Å². The molecule has 0 radical (unpaired) electrons. The van der Waals surface area contributed by atoms with E-state index in [2.05, 4.69) is 26.1 Å². The summed E-state index contributed by atoms with van der Waals surface area (Å²) in [5.74, 6) is -0.179. The Labute approximate surface area is 132 Å². The molecule has 0 aliphatic carbocycles. The molecule has 4 heteroatoms. The standard InChI is InChI=1S/C18H26N2O2/c1-4-13-9-7-8-10-16(13)20-12-14(11-17(20)21)18(22)19-15(5-2)6-3/h7-10,14-15H,4-6,11-12H2,1-3H3,(H,19,22). The van der Waals surface area contributed by atoms with Crippen LogP contribution in [0.3, 0.4) is 0 Å². The topological polar surface area (TPSA) is 49.4 Å². The molecule has 1 aromatic rings. The van der Waals surface area contributed by atoms with Crippen LogP contribution in [0.25, 0.3) is 0 Å². The first-order valence-corrected chi connectivity index (χ1v) is 8.29. The Kier molecular flexibility index (Phi) is 5.58. The maximum atomic E-state index is 12.4. The highest BCUT2D eigenvalue weighted by Crippen LogP contribution is 2.28. The minimum atomic E-state index is -0.238. The van der Waals surface area contributed by atoms with Gasteiger partial charge in [0.1, 0.15) is 0 Å². The minimum absolute atomic E-state index is 0.0125. The van der Waals surface area contributed by atoms with Crippen molar-refractivity contribution >= 4 is 17.5 Å². The third-order valence-corrected chi connectivity index (χ3v) is 4.49. The second-order valence-corrected chi connectivity index (χ2v) is 5.91. The normalized spacial score (nSPS) is 18.1. The first kappa shape index (κ1) is 16.5. The van der Waals surface area contributed by atoms with E-state index in [9.17, 15) is 9.59 Å². The van der Waals surface area contributed by atoms with Gasteiger partial charge in [0.2, 0.25) is 11.8 Å². The molecule has 120 valence electrons. The van der Waals surface area contributed by atoms with Gasteiger partial charge in [0.25, 0.3) is 0 Å². The van der Waals surface area contributed by atoms with Crippen molar-refractivity contribution in [2.45, 2.75) is 52.5 Å². The molecule has 4 nitrogen and oxygen atoms in total. The van der Waals surface area contributed by atoms with E-state index in [1.54, 1.807) is 4.90 Å². The Morgan fingerprint density at radius 3 is 2.59 bits per heavy atom. The number of hydrogen-bond donors (Lipinski definition) is 1. The number of benzene rings is 1. The summed E-state index contributed by atoms with van der Waals surface area (Å²) in [6, 6.07) is 8.15. The number of para-hydroxylation sites is 1. The van der Waals surface area contributed by atoms with Crippen LogP contribution in [0.4, 0.5) is 5.69 Å². The fourth-order valence-electron chi connectivity index (χ4n) is 3.00. The van der Waals surface area contributed by atoms with Gasteiger partial charge >= 0.3 is 0 Å². The van der Waals surface area contributed by atoms with Crippen molar-refractivity contribution in [3.63, 3.8) is 0 Å². The number of anilines is 1. The van der Waals surface area contributed by atoms with E-state index < -0.39 is 0 Å². The molecule has 1 heterocycles. The fraction of sp³-hybridized carbons (Fsp3) is 0.556. The Morgan fingerprint density at radius 2 is 1.95 bits per heavy atom. The Balaban J connectivity index is 2.09. The summed E-state index contributed by atoms with van der Waals surface area (Å²) in [7, 11) is 0. The number of carbonyl (C=O) groups excluding carboxylic acids is 2. The van der Waals surface area contributed by atoms with E-state index in [1.165, 1.54) is 0 Å². The van der Waals surface area contributed by atoms with Crippen molar-refractivity contribution in [1.82, 2.24) is 5.32 Å². The summed E-state index contributed by atoms with van der Waals surface area (Å²) in [5.41, 5.74) is 2.10. The highest BCUT2D eigenvalue weighted by atomic mass is 16.2. The van der Waals surface area contributed by atoms with Crippen molar-refractivity contribution in [3.05, 3.63) is 29.8 Å². The zero-order valence-electron chi connectivity index (χ0n) is 13.8. The molecule has 0 aromatic heterocycles. The lowest BCUT2D eigenvalue weighted by Gasteiger charge is -2.21. The van der Waals surface area contributed by atoms with Gasteiger partial charge in [-0.2, -0.15) is 0 Å². The highest BCUT2D eigenvalue weighted by molar-refractivity contribution is 6.00. The molecule has 0 spiro atoms. The van der Waals surface area contributed by atoms with Gasteiger partial charge in [-0.25, -0.2) is 0 Å². The number of nitrogens with zero attached hydrogens (tertiary/aromatic N) is 1. The zero-order valence-corrected chi connectivity index (χ0v) is 13.8. The monoisotopic (exact) mass is 302 g/mol. The highest BCUT2D eigenvalue weighted by Gasteiger charge is 2.36. The molecule has 2 amide bonds. The lowest BCUT2D eigenvalue weighted by atomic mass is 10.1. The van der Waals surface area contributed by atoms with E-state index in [0.717, 1.165) is 30.5 Å². The molecule has 1 N–H and O–H groups in total. The summed E-state index contributed by atoms with van der Waals surface area (Å²) >= 11 is 0. The quantitative estimate of drug-likeness (QED) is 0.878. The number of nitrogens with one attached hydrogen (secondary N) is 1. The summed E-state index contributed by atoms with van der Waals surface area (Å²) < 4.78 is 0. The number of hydrogen-bond acceptors (Lipinski definition) is 2. The van der Waals surface area contributed by atoms with Crippen LogP contribution in [0, 0.1) is 5.92 Å². The van der Waals surface area contributed by atoms with Gasteiger partial charge < -0.3 is 10.2 Å². The van der Waals surface area contributed by atoms with Crippen LogP contribution >= 0.6 is 0 Å². The third kappa shape index (κ3) is 3.49. The van der Waals surface area contributed by atoms with Gasteiger partial charge in [-0.05, 0) is 30.9 Å². The second kappa shape index (κ2) is 7.43. The molecule has 1 aliphatic heterocycles. The van der Waals surface area contributed by atoms with E-state index in [-0.39, 0.29) is 23.8 Å². The van der Waals surface area contributed by atoms with Crippen LogP contribution in [-0.4, -0.2) is 24.4 Å². The fourth-order valence-corrected chi connectivity index (χ4v) is 3.00. The summed E-state index contributed by atoms with van der Waals surface area (Å²) in [6.07, 6.45) is 3.03. The zero-order chi connectivity index (χ0) is 16.1. The Hall–Kier alpha value is -1.84. The smallest absolute Gasteiger partial charge is 0.227 e. The molecular weight excluding hydrogens is 276 g/mol. The van der Waals surface area contributed by atoms with Crippen molar-refractivity contribution in [1.29, 1.82) is 0 Å². The average Bonchev–Trinajstić information content (AvgIpc) is 2.94. The molecule has 0 bridgehead atoms. The van der Waals surface area contributed by atoms with E-state index in [0.29, 0.717) is 13.0 Å². The van der Waals surface area contributed by atoms with Crippen molar-refractivity contribution < 1.29 is 9.59 Å². The molecule has 2 rings (SSSR count). The summed E-state index contributed by atoms with van der Waals surface area (Å²) in [6.45, 7) is 6.70. The summed E-state index contributed by atoms with van der Waals surface area (Å²) in [4.78, 5) is 26.5. The number of aryl methyl sites for hydroxylation is 1. The van der Waals surface area contributed by atoms with Crippen molar-refractivity contribution in [3.8, 4) is 0 Å². The Morgan fingerprint density at radius 1 is 1.27 bits per heavy atom. The lowest BCUT2D eigenvalue weighted by molar-refractivity contribution is -0.127. The summed E-state index contributed by atoms with van der Waals surface area (Å²) in [5, 5.41) is 3.06. The van der Waals surface area contributed by atoms with Gasteiger partial charge in [0.15, 0.2) is 0 Å². The predicted molar refractivity (Wildman–Crippen MR) is 88.8 cm³/mol. The van der Waals surface area contributed by atoms with Gasteiger partial charge in [0, 0.05) is 24.7 Å². The molecule has 1 aliphatic rings. The van der Waals surface area contributed by atoms with Crippen LogP contribution < -0.4 is 10.2 Å². The maximum absolute atomic E-state index is 12.4. The van der Waals surface area contributed by atoms with Gasteiger partial charge in [-0.1, -0.05) is 39.0 Å². The maximum Gasteiger partial charge on any atom is 0.227 e. The molecule has 1 unspecified atom stereocenters. The molecule has 1 fully saturated rings. The molecule has 1 saturated heterocycles. The van der Waals surface area contributed by atoms with Crippen LogP contribution in [0.5, 0.6) is 0 Å². The SMILES string of the molecule is CCc1ccccc1N1CC(C(=O)NC(CC)CC)CC1=O.